The lowest BCUT2D eigenvalue weighted by molar-refractivity contribution is -0.117. The Balaban J connectivity index is 2.15. The minimum absolute atomic E-state index is 0.000757. The number of carbonyl (C=O) groups excluding carboxylic acids is 1. The van der Waals surface area contributed by atoms with Crippen LogP contribution in [0, 0.1) is 0 Å². The largest absolute Gasteiger partial charge is 0.434 e. The normalized spacial score (nSPS) is 12.8. The first-order valence-corrected chi connectivity index (χ1v) is 7.70. The number of hydrogen-bond acceptors (Lipinski definition) is 3. The molecule has 0 radical (unpaired) electrons. The molecule has 2 rings (SSSR count). The van der Waals surface area contributed by atoms with Gasteiger partial charge in [-0.15, -0.1) is 0 Å². The van der Waals surface area contributed by atoms with Crippen LogP contribution in [0.5, 0.6) is 5.75 Å². The number of aliphatic hydroxyl groups is 1. The van der Waals surface area contributed by atoms with E-state index in [1.807, 2.05) is 18.2 Å². The van der Waals surface area contributed by atoms with Crippen LogP contribution >= 0.6 is 0 Å². The third kappa shape index (κ3) is 5.39. The minimum atomic E-state index is -2.94. The summed E-state index contributed by atoms with van der Waals surface area (Å²) < 4.78 is 29.4. The van der Waals surface area contributed by atoms with Crippen LogP contribution in [0.3, 0.4) is 0 Å². The van der Waals surface area contributed by atoms with Crippen LogP contribution in [0.1, 0.15) is 24.1 Å². The number of nitrogens with one attached hydrogen (secondary N) is 1. The van der Waals surface area contributed by atoms with Gasteiger partial charge in [-0.05, 0) is 24.1 Å². The van der Waals surface area contributed by atoms with Gasteiger partial charge in [-0.3, -0.25) is 4.79 Å². The molecule has 0 fully saturated rings. The van der Waals surface area contributed by atoms with E-state index < -0.39 is 18.6 Å². The molecule has 0 aliphatic heterocycles. The molecule has 2 aromatic carbocycles. The number of aliphatic hydroxyl groups excluding tert-OH is 1. The summed E-state index contributed by atoms with van der Waals surface area (Å²) in [6.07, 6.45) is 1.29. The first-order chi connectivity index (χ1) is 12.0. The summed E-state index contributed by atoms with van der Waals surface area (Å²) in [4.78, 5) is 12.2. The van der Waals surface area contributed by atoms with Crippen LogP contribution in [0.2, 0.25) is 0 Å². The molecule has 0 spiro atoms. The van der Waals surface area contributed by atoms with E-state index in [-0.39, 0.29) is 12.4 Å². The first-order valence-electron chi connectivity index (χ1n) is 7.70. The number of benzene rings is 2. The van der Waals surface area contributed by atoms with Gasteiger partial charge in [-0.1, -0.05) is 48.5 Å². The van der Waals surface area contributed by atoms with Crippen molar-refractivity contribution in [2.45, 2.75) is 19.6 Å². The van der Waals surface area contributed by atoms with Gasteiger partial charge in [0.05, 0.1) is 12.6 Å². The van der Waals surface area contributed by atoms with Crippen LogP contribution in [-0.4, -0.2) is 24.2 Å². The fourth-order valence-corrected chi connectivity index (χ4v) is 2.40. The van der Waals surface area contributed by atoms with Gasteiger partial charge >= 0.3 is 6.61 Å². The molecule has 0 aromatic heterocycles. The summed E-state index contributed by atoms with van der Waals surface area (Å²) in [5, 5.41) is 12.2. The van der Waals surface area contributed by atoms with Gasteiger partial charge in [0, 0.05) is 11.6 Å². The number of para-hydroxylation sites is 1. The Morgan fingerprint density at radius 1 is 1.16 bits per heavy atom. The second-order valence-electron chi connectivity index (χ2n) is 5.36. The Kier molecular flexibility index (Phi) is 6.65. The van der Waals surface area contributed by atoms with Crippen molar-refractivity contribution in [1.82, 2.24) is 5.32 Å². The molecule has 6 heteroatoms. The zero-order chi connectivity index (χ0) is 18.2. The highest BCUT2D eigenvalue weighted by Gasteiger charge is 2.14. The van der Waals surface area contributed by atoms with Gasteiger partial charge in [0.2, 0.25) is 5.91 Å². The van der Waals surface area contributed by atoms with Crippen molar-refractivity contribution in [2.75, 3.05) is 6.61 Å². The SMILES string of the molecule is C/C(=C/C(=O)NC(CO)c1ccccc1)c1ccccc1OC(F)F. The Morgan fingerprint density at radius 3 is 2.44 bits per heavy atom. The molecule has 1 amide bonds. The third-order valence-electron chi connectivity index (χ3n) is 3.58. The van der Waals surface area contributed by atoms with E-state index in [0.717, 1.165) is 5.56 Å². The molecule has 4 nitrogen and oxygen atoms in total. The van der Waals surface area contributed by atoms with Gasteiger partial charge in [-0.2, -0.15) is 8.78 Å². The Morgan fingerprint density at radius 2 is 1.80 bits per heavy atom. The number of ether oxygens (including phenoxy) is 1. The zero-order valence-electron chi connectivity index (χ0n) is 13.7. The summed E-state index contributed by atoms with van der Waals surface area (Å²) in [6, 6.07) is 14.7. The molecule has 0 saturated carbocycles. The number of hydrogen-bond donors (Lipinski definition) is 2. The maximum absolute atomic E-state index is 12.5. The van der Waals surface area contributed by atoms with E-state index >= 15 is 0 Å². The zero-order valence-corrected chi connectivity index (χ0v) is 13.7. The average molecular weight is 347 g/mol. The fraction of sp³-hybridized carbons (Fsp3) is 0.211. The van der Waals surface area contributed by atoms with E-state index in [2.05, 4.69) is 10.1 Å². The van der Waals surface area contributed by atoms with Crippen molar-refractivity contribution < 1.29 is 23.4 Å². The Labute approximate surface area is 144 Å². The van der Waals surface area contributed by atoms with Crippen molar-refractivity contribution in [3.8, 4) is 5.75 Å². The monoisotopic (exact) mass is 347 g/mol. The summed E-state index contributed by atoms with van der Waals surface area (Å²) in [7, 11) is 0. The molecule has 0 saturated heterocycles. The van der Waals surface area contributed by atoms with Crippen LogP contribution in [-0.2, 0) is 4.79 Å². The highest BCUT2D eigenvalue weighted by Crippen LogP contribution is 2.27. The number of alkyl halides is 2. The average Bonchev–Trinajstić information content (AvgIpc) is 2.60. The second kappa shape index (κ2) is 8.94. The summed E-state index contributed by atoms with van der Waals surface area (Å²) in [5.41, 5.74) is 1.64. The number of rotatable bonds is 7. The van der Waals surface area contributed by atoms with Crippen molar-refractivity contribution in [3.05, 3.63) is 71.8 Å². The van der Waals surface area contributed by atoms with Gasteiger partial charge in [-0.25, -0.2) is 0 Å². The van der Waals surface area contributed by atoms with Crippen LogP contribution in [0.4, 0.5) is 8.78 Å². The topological polar surface area (TPSA) is 58.6 Å². The maximum Gasteiger partial charge on any atom is 0.387 e. The molecule has 0 aliphatic rings. The fourth-order valence-electron chi connectivity index (χ4n) is 2.40. The summed E-state index contributed by atoms with van der Waals surface area (Å²) >= 11 is 0. The number of carbonyl (C=O) groups is 1. The molecule has 2 aromatic rings. The van der Waals surface area contributed by atoms with Gasteiger partial charge in [0.1, 0.15) is 5.75 Å². The van der Waals surface area contributed by atoms with E-state index in [1.165, 1.54) is 12.1 Å². The van der Waals surface area contributed by atoms with E-state index in [1.54, 1.807) is 37.3 Å². The maximum atomic E-state index is 12.5. The van der Waals surface area contributed by atoms with Gasteiger partial charge in [0.15, 0.2) is 0 Å². The minimum Gasteiger partial charge on any atom is -0.434 e. The molecule has 0 heterocycles. The molecular weight excluding hydrogens is 328 g/mol. The first kappa shape index (κ1) is 18.6. The molecule has 1 unspecified atom stereocenters. The number of halogens is 2. The lowest BCUT2D eigenvalue weighted by Crippen LogP contribution is -2.29. The van der Waals surface area contributed by atoms with E-state index in [0.29, 0.717) is 11.1 Å². The number of allylic oxidation sites excluding steroid dienone is 1. The van der Waals surface area contributed by atoms with Gasteiger partial charge < -0.3 is 15.2 Å². The van der Waals surface area contributed by atoms with Crippen LogP contribution in [0.25, 0.3) is 5.57 Å². The van der Waals surface area contributed by atoms with Gasteiger partial charge in [0.25, 0.3) is 0 Å². The van der Waals surface area contributed by atoms with Crippen molar-refractivity contribution in [1.29, 1.82) is 0 Å². The Hall–Kier alpha value is -2.73. The highest BCUT2D eigenvalue weighted by molar-refractivity contribution is 5.95. The standard InChI is InChI=1S/C19H19F2NO3/c1-13(15-9-5-6-10-17(15)25-19(20)21)11-18(24)22-16(12-23)14-7-3-2-4-8-14/h2-11,16,19,23H,12H2,1H3,(H,22,24)/b13-11-. The molecule has 0 bridgehead atoms. The second-order valence-corrected chi connectivity index (χ2v) is 5.36. The lowest BCUT2D eigenvalue weighted by atomic mass is 10.1. The van der Waals surface area contributed by atoms with Crippen molar-refractivity contribution >= 4 is 11.5 Å². The smallest absolute Gasteiger partial charge is 0.387 e. The molecular formula is C19H19F2NO3. The molecule has 1 atom stereocenters. The van der Waals surface area contributed by atoms with E-state index in [4.69, 9.17) is 0 Å². The highest BCUT2D eigenvalue weighted by atomic mass is 19.3. The summed E-state index contributed by atoms with van der Waals surface area (Å²) in [5.74, 6) is -0.437. The third-order valence-corrected chi connectivity index (χ3v) is 3.58. The number of amides is 1. The van der Waals surface area contributed by atoms with Crippen molar-refractivity contribution in [2.24, 2.45) is 0 Å². The van der Waals surface area contributed by atoms with E-state index in [9.17, 15) is 18.7 Å². The van der Waals surface area contributed by atoms with Crippen LogP contribution < -0.4 is 10.1 Å². The van der Waals surface area contributed by atoms with Crippen LogP contribution in [0.15, 0.2) is 60.7 Å². The molecule has 2 N–H and O–H groups in total. The Bertz CT molecular complexity index is 732. The molecule has 0 aliphatic carbocycles. The van der Waals surface area contributed by atoms with Crippen molar-refractivity contribution in [3.63, 3.8) is 0 Å². The summed E-state index contributed by atoms with van der Waals surface area (Å²) in [6.45, 7) is -1.57. The predicted octanol–water partition coefficient (Wildman–Crippen LogP) is 3.54. The predicted molar refractivity (Wildman–Crippen MR) is 91.1 cm³/mol. The molecule has 132 valence electrons. The quantitative estimate of drug-likeness (QED) is 0.753. The molecule has 25 heavy (non-hydrogen) atoms. The lowest BCUT2D eigenvalue weighted by Gasteiger charge is -2.16.